The van der Waals surface area contributed by atoms with Gasteiger partial charge in [0.2, 0.25) is 0 Å². The van der Waals surface area contributed by atoms with E-state index < -0.39 is 0 Å². The third kappa shape index (κ3) is 11.5. The second-order valence-electron chi connectivity index (χ2n) is 8.02. The summed E-state index contributed by atoms with van der Waals surface area (Å²) in [6, 6.07) is 0. The van der Waals surface area contributed by atoms with Crippen LogP contribution in [0.1, 0.15) is 111 Å². The van der Waals surface area contributed by atoms with Gasteiger partial charge in [-0.05, 0) is 31.6 Å². The highest BCUT2D eigenvalue weighted by Crippen LogP contribution is 2.21. The monoisotopic (exact) mass is 310 g/mol. The van der Waals surface area contributed by atoms with Crippen LogP contribution in [0.25, 0.3) is 0 Å². The Morgan fingerprint density at radius 3 is 1.50 bits per heavy atom. The van der Waals surface area contributed by atoms with Gasteiger partial charge in [-0.2, -0.15) is 0 Å². The molecule has 1 nitrogen and oxygen atoms in total. The van der Waals surface area contributed by atoms with Gasteiger partial charge in [-0.3, -0.25) is 0 Å². The molecule has 0 radical (unpaired) electrons. The molecule has 1 heteroatoms. The van der Waals surface area contributed by atoms with Crippen molar-refractivity contribution >= 4 is 0 Å². The Balaban J connectivity index is 2.24. The van der Waals surface area contributed by atoms with E-state index in [2.05, 4.69) is 20.8 Å². The normalized spacial score (nSPS) is 32.6. The maximum Gasteiger partial charge on any atom is 0.0547 e. The molecule has 3 atom stereocenters. The Morgan fingerprint density at radius 1 is 0.500 bits per heavy atom. The summed E-state index contributed by atoms with van der Waals surface area (Å²) in [6.45, 7) is 8.14. The topological polar surface area (TPSA) is 9.23 Å². The Bertz CT molecular complexity index is 238. The third-order valence-corrected chi connectivity index (χ3v) is 5.45. The summed E-state index contributed by atoms with van der Waals surface area (Å²) >= 11 is 0. The van der Waals surface area contributed by atoms with E-state index in [1.165, 1.54) is 89.9 Å². The van der Waals surface area contributed by atoms with Gasteiger partial charge >= 0.3 is 0 Å². The number of rotatable bonds is 0. The van der Waals surface area contributed by atoms with Crippen LogP contribution in [0.15, 0.2) is 0 Å². The molecule has 0 aromatic rings. The zero-order valence-corrected chi connectivity index (χ0v) is 15.7. The molecule has 1 saturated heterocycles. The second kappa shape index (κ2) is 13.4. The molecular weight excluding hydrogens is 268 g/mol. The molecule has 1 fully saturated rings. The zero-order chi connectivity index (χ0) is 16.0. The fraction of sp³-hybridized carbons (Fsp3) is 1.00. The Labute approximate surface area is 140 Å². The van der Waals surface area contributed by atoms with Crippen molar-refractivity contribution in [1.29, 1.82) is 0 Å². The first-order chi connectivity index (χ1) is 10.7. The molecule has 0 aromatic carbocycles. The number of ether oxygens (including phenoxy) is 1. The van der Waals surface area contributed by atoms with Gasteiger partial charge in [-0.15, -0.1) is 0 Å². The molecule has 1 aliphatic heterocycles. The molecule has 0 aliphatic carbocycles. The lowest BCUT2D eigenvalue weighted by atomic mass is 9.93. The van der Waals surface area contributed by atoms with E-state index in [-0.39, 0.29) is 0 Å². The summed E-state index contributed by atoms with van der Waals surface area (Å²) in [5.74, 6) is 1.86. The predicted molar refractivity (Wildman–Crippen MR) is 98.4 cm³/mol. The SMILES string of the molecule is CC1CCCCCCCC(C)OCCCCC(C)CCCC1. The van der Waals surface area contributed by atoms with Crippen molar-refractivity contribution in [2.75, 3.05) is 6.61 Å². The van der Waals surface area contributed by atoms with Crippen LogP contribution in [0.3, 0.4) is 0 Å². The standard InChI is InChI=1S/C21H42O/c1-19-13-7-5-4-6-8-17-21(3)22-18-12-11-16-20(2)15-10-9-14-19/h19-21H,4-18H2,1-3H3. The van der Waals surface area contributed by atoms with Crippen molar-refractivity contribution < 1.29 is 4.74 Å². The number of hydrogen-bond acceptors (Lipinski definition) is 1. The largest absolute Gasteiger partial charge is 0.379 e. The summed E-state index contributed by atoms with van der Waals surface area (Å²) in [6.07, 6.45) is 20.0. The first kappa shape index (κ1) is 20.0. The summed E-state index contributed by atoms with van der Waals surface area (Å²) < 4.78 is 5.96. The first-order valence-electron chi connectivity index (χ1n) is 10.3. The molecule has 0 N–H and O–H groups in total. The van der Waals surface area contributed by atoms with Crippen LogP contribution in [0.4, 0.5) is 0 Å². The smallest absolute Gasteiger partial charge is 0.0547 e. The highest BCUT2D eigenvalue weighted by atomic mass is 16.5. The number of hydrogen-bond donors (Lipinski definition) is 0. The maximum atomic E-state index is 5.96. The van der Waals surface area contributed by atoms with Gasteiger partial charge in [-0.1, -0.05) is 90.9 Å². The van der Waals surface area contributed by atoms with Gasteiger partial charge in [0.25, 0.3) is 0 Å². The minimum absolute atomic E-state index is 0.472. The molecule has 1 aliphatic rings. The van der Waals surface area contributed by atoms with Crippen LogP contribution in [0, 0.1) is 11.8 Å². The zero-order valence-electron chi connectivity index (χ0n) is 15.7. The summed E-state index contributed by atoms with van der Waals surface area (Å²) in [4.78, 5) is 0. The molecular formula is C21H42O. The van der Waals surface area contributed by atoms with E-state index in [4.69, 9.17) is 4.74 Å². The van der Waals surface area contributed by atoms with Crippen LogP contribution in [-0.2, 0) is 4.74 Å². The van der Waals surface area contributed by atoms with Gasteiger partial charge in [0, 0.05) is 6.61 Å². The fourth-order valence-electron chi connectivity index (χ4n) is 3.69. The minimum Gasteiger partial charge on any atom is -0.379 e. The van der Waals surface area contributed by atoms with E-state index in [0.29, 0.717) is 6.10 Å². The highest BCUT2D eigenvalue weighted by molar-refractivity contribution is 4.59. The average molecular weight is 311 g/mol. The van der Waals surface area contributed by atoms with Crippen molar-refractivity contribution in [1.82, 2.24) is 0 Å². The van der Waals surface area contributed by atoms with Gasteiger partial charge in [-0.25, -0.2) is 0 Å². The van der Waals surface area contributed by atoms with Crippen molar-refractivity contribution in [3.8, 4) is 0 Å². The van der Waals surface area contributed by atoms with Gasteiger partial charge in [0.05, 0.1) is 6.10 Å². The van der Waals surface area contributed by atoms with Crippen LogP contribution in [0.5, 0.6) is 0 Å². The fourth-order valence-corrected chi connectivity index (χ4v) is 3.69. The molecule has 0 aromatic heterocycles. The highest BCUT2D eigenvalue weighted by Gasteiger charge is 2.07. The van der Waals surface area contributed by atoms with E-state index in [1.807, 2.05) is 0 Å². The van der Waals surface area contributed by atoms with E-state index in [0.717, 1.165) is 18.4 Å². The Hall–Kier alpha value is -0.0400. The maximum absolute atomic E-state index is 5.96. The van der Waals surface area contributed by atoms with Crippen molar-refractivity contribution in [2.45, 2.75) is 117 Å². The Kier molecular flexibility index (Phi) is 12.2. The van der Waals surface area contributed by atoms with Gasteiger partial charge in [0.1, 0.15) is 0 Å². The summed E-state index contributed by atoms with van der Waals surface area (Å²) in [7, 11) is 0. The van der Waals surface area contributed by atoms with Crippen LogP contribution in [0.2, 0.25) is 0 Å². The molecule has 1 rings (SSSR count). The van der Waals surface area contributed by atoms with Crippen molar-refractivity contribution in [3.63, 3.8) is 0 Å². The molecule has 0 saturated carbocycles. The van der Waals surface area contributed by atoms with Crippen LogP contribution >= 0.6 is 0 Å². The first-order valence-corrected chi connectivity index (χ1v) is 10.3. The van der Waals surface area contributed by atoms with E-state index >= 15 is 0 Å². The molecule has 1 heterocycles. The Morgan fingerprint density at radius 2 is 0.909 bits per heavy atom. The molecule has 0 spiro atoms. The molecule has 0 bridgehead atoms. The van der Waals surface area contributed by atoms with Crippen molar-refractivity contribution in [2.24, 2.45) is 11.8 Å². The quantitative estimate of drug-likeness (QED) is 0.462. The van der Waals surface area contributed by atoms with Crippen molar-refractivity contribution in [3.05, 3.63) is 0 Å². The summed E-state index contributed by atoms with van der Waals surface area (Å²) in [5, 5.41) is 0. The van der Waals surface area contributed by atoms with Crippen LogP contribution in [-0.4, -0.2) is 12.7 Å². The molecule has 132 valence electrons. The lowest BCUT2D eigenvalue weighted by Crippen LogP contribution is -2.09. The van der Waals surface area contributed by atoms with Gasteiger partial charge < -0.3 is 4.74 Å². The van der Waals surface area contributed by atoms with E-state index in [9.17, 15) is 0 Å². The second-order valence-corrected chi connectivity index (χ2v) is 8.02. The summed E-state index contributed by atoms with van der Waals surface area (Å²) in [5.41, 5.74) is 0. The lowest BCUT2D eigenvalue weighted by Gasteiger charge is -2.14. The lowest BCUT2D eigenvalue weighted by molar-refractivity contribution is 0.0553. The molecule has 3 unspecified atom stereocenters. The van der Waals surface area contributed by atoms with E-state index in [1.54, 1.807) is 0 Å². The third-order valence-electron chi connectivity index (χ3n) is 5.45. The van der Waals surface area contributed by atoms with Crippen LogP contribution < -0.4 is 0 Å². The van der Waals surface area contributed by atoms with Gasteiger partial charge in [0.15, 0.2) is 0 Å². The predicted octanol–water partition coefficient (Wildman–Crippen LogP) is 7.14. The average Bonchev–Trinajstić information content (AvgIpc) is 2.49. The molecule has 0 amide bonds. The minimum atomic E-state index is 0.472. The molecule has 22 heavy (non-hydrogen) atoms.